The summed E-state index contributed by atoms with van der Waals surface area (Å²) in [5.41, 5.74) is 1.21. The van der Waals surface area contributed by atoms with Gasteiger partial charge in [0.1, 0.15) is 5.75 Å². The van der Waals surface area contributed by atoms with Gasteiger partial charge >= 0.3 is 0 Å². The molecule has 1 aromatic carbocycles. The van der Waals surface area contributed by atoms with E-state index in [4.69, 9.17) is 9.84 Å². The molecule has 0 heterocycles. The van der Waals surface area contributed by atoms with Crippen molar-refractivity contribution in [2.24, 2.45) is 0 Å². The van der Waals surface area contributed by atoms with Gasteiger partial charge in [0.15, 0.2) is 0 Å². The second-order valence-corrected chi connectivity index (χ2v) is 5.79. The highest BCUT2D eigenvalue weighted by Gasteiger charge is 2.15. The predicted octanol–water partition coefficient (Wildman–Crippen LogP) is 1.63. The molecule has 0 aliphatic heterocycles. The van der Waals surface area contributed by atoms with Crippen LogP contribution in [-0.4, -0.2) is 48.0 Å². The van der Waals surface area contributed by atoms with Gasteiger partial charge in [-0.3, -0.25) is 4.90 Å². The molecule has 0 aliphatic rings. The zero-order chi connectivity index (χ0) is 15.9. The molecule has 0 spiro atoms. The van der Waals surface area contributed by atoms with Crippen LogP contribution in [0, 0.1) is 11.8 Å². The first-order chi connectivity index (χ1) is 9.85. The van der Waals surface area contributed by atoms with Gasteiger partial charge < -0.3 is 14.9 Å². The summed E-state index contributed by atoms with van der Waals surface area (Å²) in [6.07, 6.45) is 0.450. The lowest BCUT2D eigenvalue weighted by Crippen LogP contribution is -2.35. The number of methoxy groups -OCH3 is 1. The van der Waals surface area contributed by atoms with Crippen molar-refractivity contribution >= 4 is 0 Å². The third-order valence-electron chi connectivity index (χ3n) is 2.83. The van der Waals surface area contributed by atoms with Gasteiger partial charge in [0.2, 0.25) is 0 Å². The second kappa shape index (κ2) is 8.04. The number of nitrogens with zero attached hydrogens (tertiary/aromatic N) is 1. The fourth-order valence-corrected chi connectivity index (χ4v) is 2.19. The van der Waals surface area contributed by atoms with Crippen LogP contribution < -0.4 is 4.74 Å². The van der Waals surface area contributed by atoms with Crippen molar-refractivity contribution in [1.29, 1.82) is 0 Å². The van der Waals surface area contributed by atoms with E-state index >= 15 is 0 Å². The fraction of sp³-hybridized carbons (Fsp3) is 0.529. The van der Waals surface area contributed by atoms with E-state index in [1.807, 2.05) is 25.2 Å². The largest absolute Gasteiger partial charge is 0.495 e. The summed E-state index contributed by atoms with van der Waals surface area (Å²) in [5.74, 6) is 6.67. The van der Waals surface area contributed by atoms with Gasteiger partial charge in [-0.1, -0.05) is 17.9 Å². The molecule has 0 saturated carbocycles. The molecule has 1 rings (SSSR count). The molecule has 1 aromatic rings. The number of likely N-dealkylation sites (N-methyl/N-ethyl adjacent to an activating group) is 1. The van der Waals surface area contributed by atoms with Gasteiger partial charge in [0.05, 0.1) is 24.9 Å². The van der Waals surface area contributed by atoms with Gasteiger partial charge in [0.25, 0.3) is 0 Å². The first-order valence-corrected chi connectivity index (χ1v) is 7.03. The summed E-state index contributed by atoms with van der Waals surface area (Å²) in [6, 6.07) is 5.89. The number of hydrogen-bond donors (Lipinski definition) is 2. The lowest BCUT2D eigenvalue weighted by atomic mass is 10.1. The molecule has 0 fully saturated rings. The minimum Gasteiger partial charge on any atom is -0.495 e. The van der Waals surface area contributed by atoms with E-state index in [1.54, 1.807) is 21.0 Å². The van der Waals surface area contributed by atoms with Crippen LogP contribution in [-0.2, 0) is 6.54 Å². The molecule has 0 radical (unpaired) electrons. The molecule has 4 nitrogen and oxygen atoms in total. The van der Waals surface area contributed by atoms with Crippen molar-refractivity contribution in [2.45, 2.75) is 32.4 Å². The molecular formula is C17H25NO3. The third kappa shape index (κ3) is 6.63. The third-order valence-corrected chi connectivity index (χ3v) is 2.83. The molecule has 116 valence electrons. The maximum atomic E-state index is 9.84. The first-order valence-electron chi connectivity index (χ1n) is 7.03. The van der Waals surface area contributed by atoms with E-state index in [0.29, 0.717) is 13.0 Å². The highest BCUT2D eigenvalue weighted by atomic mass is 16.5. The average Bonchev–Trinajstić information content (AvgIpc) is 2.37. The Hall–Kier alpha value is -1.54. The van der Waals surface area contributed by atoms with Gasteiger partial charge in [0, 0.05) is 19.5 Å². The van der Waals surface area contributed by atoms with E-state index in [0.717, 1.165) is 23.4 Å². The summed E-state index contributed by atoms with van der Waals surface area (Å²) in [5, 5.41) is 18.6. The number of hydrogen-bond acceptors (Lipinski definition) is 4. The Morgan fingerprint density at radius 2 is 2.05 bits per heavy atom. The van der Waals surface area contributed by atoms with Crippen molar-refractivity contribution in [3.8, 4) is 17.6 Å². The van der Waals surface area contributed by atoms with Crippen LogP contribution in [0.4, 0.5) is 0 Å². The topological polar surface area (TPSA) is 52.9 Å². The SMILES string of the molecule is COc1ccc(CN(C)CC(C)(C)O)cc1C#CCCO. The molecule has 0 aromatic heterocycles. The van der Waals surface area contributed by atoms with E-state index in [2.05, 4.69) is 16.7 Å². The van der Waals surface area contributed by atoms with Crippen molar-refractivity contribution in [3.63, 3.8) is 0 Å². The zero-order valence-electron chi connectivity index (χ0n) is 13.3. The van der Waals surface area contributed by atoms with Crippen molar-refractivity contribution < 1.29 is 14.9 Å². The standard InChI is InChI=1S/C17H25NO3/c1-17(2,20)13-18(3)12-14-8-9-16(21-4)15(11-14)7-5-6-10-19/h8-9,11,19-20H,6,10,12-13H2,1-4H3. The molecule has 2 N–H and O–H groups in total. The number of aliphatic hydroxyl groups is 2. The monoisotopic (exact) mass is 291 g/mol. The maximum absolute atomic E-state index is 9.84. The van der Waals surface area contributed by atoms with E-state index in [-0.39, 0.29) is 6.61 Å². The smallest absolute Gasteiger partial charge is 0.134 e. The molecule has 0 bridgehead atoms. The van der Waals surface area contributed by atoms with Crippen molar-refractivity contribution in [2.75, 3.05) is 27.3 Å². The van der Waals surface area contributed by atoms with Gasteiger partial charge in [-0.15, -0.1) is 0 Å². The van der Waals surface area contributed by atoms with Crippen LogP contribution in [0.2, 0.25) is 0 Å². The Bertz CT molecular complexity index is 509. The summed E-state index contributed by atoms with van der Waals surface area (Å²) in [4.78, 5) is 2.06. The quantitative estimate of drug-likeness (QED) is 0.782. The minimum atomic E-state index is -0.717. The van der Waals surface area contributed by atoms with Crippen LogP contribution in [0.15, 0.2) is 18.2 Å². The van der Waals surface area contributed by atoms with Crippen molar-refractivity contribution in [3.05, 3.63) is 29.3 Å². The highest BCUT2D eigenvalue weighted by Crippen LogP contribution is 2.20. The number of rotatable bonds is 6. The predicted molar refractivity (Wildman–Crippen MR) is 84.2 cm³/mol. The second-order valence-electron chi connectivity index (χ2n) is 5.79. The Morgan fingerprint density at radius 1 is 1.33 bits per heavy atom. The summed E-state index contributed by atoms with van der Waals surface area (Å²) in [7, 11) is 3.59. The van der Waals surface area contributed by atoms with Gasteiger partial charge in [-0.25, -0.2) is 0 Å². The summed E-state index contributed by atoms with van der Waals surface area (Å²) < 4.78 is 5.30. The lowest BCUT2D eigenvalue weighted by molar-refractivity contribution is 0.0425. The molecule has 0 atom stereocenters. The average molecular weight is 291 g/mol. The number of aliphatic hydroxyl groups excluding tert-OH is 1. The first kappa shape index (κ1) is 17.5. The number of ether oxygens (including phenoxy) is 1. The summed E-state index contributed by atoms with van der Waals surface area (Å²) >= 11 is 0. The zero-order valence-corrected chi connectivity index (χ0v) is 13.3. The van der Waals surface area contributed by atoms with Crippen molar-refractivity contribution in [1.82, 2.24) is 4.90 Å². The molecule has 0 aliphatic carbocycles. The van der Waals surface area contributed by atoms with Gasteiger partial charge in [-0.05, 0) is 38.6 Å². The van der Waals surface area contributed by atoms with Gasteiger partial charge in [-0.2, -0.15) is 0 Å². The molecule has 21 heavy (non-hydrogen) atoms. The Balaban J connectivity index is 2.85. The Labute approximate surface area is 127 Å². The van der Waals surface area contributed by atoms with Crippen LogP contribution in [0.3, 0.4) is 0 Å². The van der Waals surface area contributed by atoms with E-state index in [9.17, 15) is 5.11 Å². The van der Waals surface area contributed by atoms with Crippen LogP contribution in [0.25, 0.3) is 0 Å². The molecule has 0 amide bonds. The summed E-state index contributed by atoms with van der Waals surface area (Å²) in [6.45, 7) is 4.96. The van der Waals surface area contributed by atoms with Crippen LogP contribution in [0.5, 0.6) is 5.75 Å². The Morgan fingerprint density at radius 3 is 2.62 bits per heavy atom. The van der Waals surface area contributed by atoms with Crippen LogP contribution in [0.1, 0.15) is 31.4 Å². The Kier molecular flexibility index (Phi) is 6.70. The van der Waals surface area contributed by atoms with Crippen LogP contribution >= 0.6 is 0 Å². The molecule has 0 saturated heterocycles. The molecule has 4 heteroatoms. The highest BCUT2D eigenvalue weighted by molar-refractivity contribution is 5.48. The molecule has 0 unspecified atom stereocenters. The lowest BCUT2D eigenvalue weighted by Gasteiger charge is -2.25. The van der Waals surface area contributed by atoms with E-state index in [1.165, 1.54) is 0 Å². The number of benzene rings is 1. The normalized spacial score (nSPS) is 11.2. The fourth-order valence-electron chi connectivity index (χ4n) is 2.19. The van der Waals surface area contributed by atoms with E-state index < -0.39 is 5.60 Å². The maximum Gasteiger partial charge on any atom is 0.134 e. The molecular weight excluding hydrogens is 266 g/mol. The minimum absolute atomic E-state index is 0.0589.